The van der Waals surface area contributed by atoms with Crippen molar-refractivity contribution in [3.8, 4) is 11.6 Å². The standard InChI is InChI=1S/C12H10BrN3O/c13-9-3-1-2-4-10(9)17-11-6-5-8(7-16-11)12(14)15/h1-7H,(H3,14,15). The van der Waals surface area contributed by atoms with Gasteiger partial charge in [-0.3, -0.25) is 5.41 Å². The number of amidine groups is 1. The van der Waals surface area contributed by atoms with Gasteiger partial charge in [-0.1, -0.05) is 12.1 Å². The summed E-state index contributed by atoms with van der Waals surface area (Å²) < 4.78 is 6.43. The van der Waals surface area contributed by atoms with Crippen molar-refractivity contribution in [2.24, 2.45) is 5.73 Å². The third-order valence-corrected chi connectivity index (χ3v) is 2.75. The van der Waals surface area contributed by atoms with E-state index in [1.165, 1.54) is 6.20 Å². The Morgan fingerprint density at radius 3 is 2.59 bits per heavy atom. The zero-order chi connectivity index (χ0) is 12.3. The summed E-state index contributed by atoms with van der Waals surface area (Å²) in [5.41, 5.74) is 5.91. The summed E-state index contributed by atoms with van der Waals surface area (Å²) in [4.78, 5) is 4.07. The first kappa shape index (κ1) is 11.6. The Balaban J connectivity index is 2.20. The van der Waals surface area contributed by atoms with Crippen LogP contribution in [0.3, 0.4) is 0 Å². The number of nitrogens with one attached hydrogen (secondary N) is 1. The molecule has 0 aliphatic carbocycles. The second-order valence-corrected chi connectivity index (χ2v) is 4.19. The lowest BCUT2D eigenvalue weighted by Gasteiger charge is -2.06. The first-order chi connectivity index (χ1) is 8.16. The van der Waals surface area contributed by atoms with Gasteiger partial charge in [0.15, 0.2) is 0 Å². The van der Waals surface area contributed by atoms with E-state index in [9.17, 15) is 0 Å². The Bertz CT molecular complexity index is 540. The number of pyridine rings is 1. The van der Waals surface area contributed by atoms with Crippen molar-refractivity contribution in [2.75, 3.05) is 0 Å². The van der Waals surface area contributed by atoms with Gasteiger partial charge in [0.25, 0.3) is 0 Å². The van der Waals surface area contributed by atoms with Crippen LogP contribution in [0.4, 0.5) is 0 Å². The molecule has 0 radical (unpaired) electrons. The number of aromatic nitrogens is 1. The largest absolute Gasteiger partial charge is 0.438 e. The Kier molecular flexibility index (Phi) is 3.39. The molecule has 17 heavy (non-hydrogen) atoms. The molecule has 1 heterocycles. The van der Waals surface area contributed by atoms with Crippen LogP contribution in [-0.4, -0.2) is 10.8 Å². The van der Waals surface area contributed by atoms with Crippen LogP contribution in [0.2, 0.25) is 0 Å². The summed E-state index contributed by atoms with van der Waals surface area (Å²) in [6, 6.07) is 10.9. The van der Waals surface area contributed by atoms with Crippen molar-refractivity contribution < 1.29 is 4.74 Å². The second-order valence-electron chi connectivity index (χ2n) is 3.33. The predicted octanol–water partition coefficient (Wildman–Crippen LogP) is 2.92. The highest BCUT2D eigenvalue weighted by molar-refractivity contribution is 9.10. The van der Waals surface area contributed by atoms with E-state index in [1.807, 2.05) is 24.3 Å². The van der Waals surface area contributed by atoms with Crippen molar-refractivity contribution >= 4 is 21.8 Å². The number of hydrogen-bond donors (Lipinski definition) is 2. The summed E-state index contributed by atoms with van der Waals surface area (Å²) in [5.74, 6) is 1.14. The van der Waals surface area contributed by atoms with Crippen LogP contribution in [0.1, 0.15) is 5.56 Å². The normalized spacial score (nSPS) is 9.94. The van der Waals surface area contributed by atoms with Crippen molar-refractivity contribution in [1.29, 1.82) is 5.41 Å². The minimum Gasteiger partial charge on any atom is -0.438 e. The van der Waals surface area contributed by atoms with E-state index in [4.69, 9.17) is 15.9 Å². The van der Waals surface area contributed by atoms with Crippen LogP contribution >= 0.6 is 15.9 Å². The lowest BCUT2D eigenvalue weighted by molar-refractivity contribution is 0.460. The number of para-hydroxylation sites is 1. The van der Waals surface area contributed by atoms with Gasteiger partial charge < -0.3 is 10.5 Å². The van der Waals surface area contributed by atoms with E-state index in [0.717, 1.165) is 4.47 Å². The molecule has 1 aromatic heterocycles. The summed E-state index contributed by atoms with van der Waals surface area (Å²) in [7, 11) is 0. The number of nitrogens with two attached hydrogens (primary N) is 1. The summed E-state index contributed by atoms with van der Waals surface area (Å²) in [6.07, 6.45) is 1.51. The minimum absolute atomic E-state index is 0.00931. The minimum atomic E-state index is -0.00931. The molecule has 0 fully saturated rings. The zero-order valence-electron chi connectivity index (χ0n) is 8.85. The molecule has 0 aliphatic rings. The molecule has 0 amide bonds. The lowest BCUT2D eigenvalue weighted by atomic mass is 10.3. The average Bonchev–Trinajstić information content (AvgIpc) is 2.33. The van der Waals surface area contributed by atoms with Gasteiger partial charge in [0.1, 0.15) is 11.6 Å². The molecule has 86 valence electrons. The van der Waals surface area contributed by atoms with Gasteiger partial charge in [-0.2, -0.15) is 0 Å². The van der Waals surface area contributed by atoms with Crippen LogP contribution in [0.25, 0.3) is 0 Å². The average molecular weight is 292 g/mol. The monoisotopic (exact) mass is 291 g/mol. The number of halogens is 1. The molecule has 3 N–H and O–H groups in total. The third kappa shape index (κ3) is 2.82. The van der Waals surface area contributed by atoms with Gasteiger partial charge >= 0.3 is 0 Å². The van der Waals surface area contributed by atoms with Gasteiger partial charge in [0.05, 0.1) is 4.47 Å². The fourth-order valence-electron chi connectivity index (χ4n) is 1.24. The van der Waals surface area contributed by atoms with Gasteiger partial charge in [0.2, 0.25) is 5.88 Å². The molecular weight excluding hydrogens is 282 g/mol. The van der Waals surface area contributed by atoms with E-state index in [1.54, 1.807) is 12.1 Å². The Hall–Kier alpha value is -1.88. The number of benzene rings is 1. The first-order valence-electron chi connectivity index (χ1n) is 4.89. The summed E-state index contributed by atoms with van der Waals surface area (Å²) in [6.45, 7) is 0. The SMILES string of the molecule is N=C(N)c1ccc(Oc2ccccc2Br)nc1. The number of rotatable bonds is 3. The van der Waals surface area contributed by atoms with Crippen molar-refractivity contribution in [3.05, 3.63) is 52.6 Å². The highest BCUT2D eigenvalue weighted by Crippen LogP contribution is 2.27. The van der Waals surface area contributed by atoms with Gasteiger partial charge in [-0.05, 0) is 34.1 Å². The molecule has 0 saturated heterocycles. The first-order valence-corrected chi connectivity index (χ1v) is 5.69. The molecule has 0 unspecified atom stereocenters. The van der Waals surface area contributed by atoms with Gasteiger partial charge in [-0.15, -0.1) is 0 Å². The van der Waals surface area contributed by atoms with Gasteiger partial charge in [-0.25, -0.2) is 4.98 Å². The van der Waals surface area contributed by atoms with E-state index in [0.29, 0.717) is 17.2 Å². The van der Waals surface area contributed by atoms with E-state index in [2.05, 4.69) is 20.9 Å². The highest BCUT2D eigenvalue weighted by atomic mass is 79.9. The molecule has 4 nitrogen and oxygen atoms in total. The predicted molar refractivity (Wildman–Crippen MR) is 69.5 cm³/mol. The second kappa shape index (κ2) is 4.97. The molecule has 0 saturated carbocycles. The van der Waals surface area contributed by atoms with E-state index in [-0.39, 0.29) is 5.84 Å². The zero-order valence-corrected chi connectivity index (χ0v) is 10.4. The highest BCUT2D eigenvalue weighted by Gasteiger charge is 2.03. The van der Waals surface area contributed by atoms with Crippen molar-refractivity contribution in [3.63, 3.8) is 0 Å². The van der Waals surface area contributed by atoms with E-state index >= 15 is 0 Å². The van der Waals surface area contributed by atoms with Crippen LogP contribution < -0.4 is 10.5 Å². The fraction of sp³-hybridized carbons (Fsp3) is 0. The number of nitrogens with zero attached hydrogens (tertiary/aromatic N) is 1. The van der Waals surface area contributed by atoms with Crippen molar-refractivity contribution in [2.45, 2.75) is 0 Å². The molecule has 5 heteroatoms. The Morgan fingerprint density at radius 1 is 1.24 bits per heavy atom. The molecule has 2 aromatic rings. The molecule has 0 atom stereocenters. The maximum absolute atomic E-state index is 7.25. The molecule has 0 bridgehead atoms. The van der Waals surface area contributed by atoms with Crippen molar-refractivity contribution in [1.82, 2.24) is 4.98 Å². The smallest absolute Gasteiger partial charge is 0.219 e. The maximum Gasteiger partial charge on any atom is 0.219 e. The van der Waals surface area contributed by atoms with Crippen LogP contribution in [0.15, 0.2) is 47.1 Å². The van der Waals surface area contributed by atoms with E-state index < -0.39 is 0 Å². The molecular formula is C12H10BrN3O. The number of hydrogen-bond acceptors (Lipinski definition) is 3. The summed E-state index contributed by atoms with van der Waals surface area (Å²) in [5, 5.41) is 7.25. The number of nitrogen functional groups attached to an aromatic ring is 1. The van der Waals surface area contributed by atoms with Crippen LogP contribution in [0.5, 0.6) is 11.6 Å². The molecule has 0 spiro atoms. The Labute approximate surface area is 107 Å². The fourth-order valence-corrected chi connectivity index (χ4v) is 1.61. The maximum atomic E-state index is 7.25. The number of ether oxygens (including phenoxy) is 1. The molecule has 0 aliphatic heterocycles. The van der Waals surface area contributed by atoms with Gasteiger partial charge in [0, 0.05) is 17.8 Å². The topological polar surface area (TPSA) is 72.0 Å². The summed E-state index contributed by atoms with van der Waals surface area (Å²) >= 11 is 3.38. The molecule has 2 rings (SSSR count). The van der Waals surface area contributed by atoms with Crippen LogP contribution in [0, 0.1) is 5.41 Å². The Morgan fingerprint density at radius 2 is 2.00 bits per heavy atom. The quantitative estimate of drug-likeness (QED) is 0.675. The van der Waals surface area contributed by atoms with Crippen LogP contribution in [-0.2, 0) is 0 Å². The molecule has 1 aromatic carbocycles. The third-order valence-electron chi connectivity index (χ3n) is 2.10. The lowest BCUT2D eigenvalue weighted by Crippen LogP contribution is -2.11.